The van der Waals surface area contributed by atoms with Crippen LogP contribution in [0.5, 0.6) is 0 Å². The number of anilines is 2. The van der Waals surface area contributed by atoms with Crippen molar-refractivity contribution in [3.8, 4) is 0 Å². The summed E-state index contributed by atoms with van der Waals surface area (Å²) >= 11 is 4.82. The van der Waals surface area contributed by atoms with E-state index in [4.69, 9.17) is 11.6 Å². The third-order valence-corrected chi connectivity index (χ3v) is 7.25. The molecule has 7 nitrogen and oxygen atoms in total. The van der Waals surface area contributed by atoms with Gasteiger partial charge in [0.05, 0.1) is 22.5 Å². The normalized spacial score (nSPS) is 12.3. The molecule has 0 bridgehead atoms. The Balaban J connectivity index is 1.87. The van der Waals surface area contributed by atoms with Gasteiger partial charge in [-0.2, -0.15) is 0 Å². The highest BCUT2D eigenvalue weighted by Gasteiger charge is 2.23. The number of aryl methyl sites for hydroxylation is 1. The van der Waals surface area contributed by atoms with Gasteiger partial charge in [-0.3, -0.25) is 18.1 Å². The monoisotopic (exact) mass is 474 g/mol. The fourth-order valence-corrected chi connectivity index (χ4v) is 5.53. The molecule has 10 heteroatoms. The van der Waals surface area contributed by atoms with Crippen molar-refractivity contribution in [2.24, 2.45) is 0 Å². The van der Waals surface area contributed by atoms with E-state index in [2.05, 4.69) is 4.98 Å². The van der Waals surface area contributed by atoms with Gasteiger partial charge in [0.2, 0.25) is 0 Å². The first-order valence-electron chi connectivity index (χ1n) is 9.14. The Kier molecular flexibility index (Phi) is 5.61. The highest BCUT2D eigenvalue weighted by atomic mass is 35.5. The summed E-state index contributed by atoms with van der Waals surface area (Å²) in [6.07, 6.45) is 1.46. The lowest BCUT2D eigenvalue weighted by molar-refractivity contribution is -0.124. The zero-order valence-electron chi connectivity index (χ0n) is 16.8. The number of nitrogens with one attached hydrogen (secondary N) is 1. The predicted molar refractivity (Wildman–Crippen MR) is 124 cm³/mol. The summed E-state index contributed by atoms with van der Waals surface area (Å²) in [5.74, 6) is -1.33. The number of amides is 1. The molecule has 1 N–H and O–H groups in total. The van der Waals surface area contributed by atoms with E-state index in [0.717, 1.165) is 15.6 Å². The number of carbonyl (C=O) groups excluding carboxylic acids is 2. The molecule has 4 aromatic rings. The smallest absolute Gasteiger partial charge is 0.294 e. The number of aromatic amines is 1. The van der Waals surface area contributed by atoms with E-state index in [0.29, 0.717) is 26.6 Å². The van der Waals surface area contributed by atoms with Gasteiger partial charge in [0.25, 0.3) is 11.7 Å². The Morgan fingerprint density at radius 2 is 1.87 bits per heavy atom. The number of benzene rings is 2. The van der Waals surface area contributed by atoms with Gasteiger partial charge in [-0.1, -0.05) is 11.6 Å². The number of Topliss-reactive ketones (excluding diaryl/α,β-unsaturated/α-hetero) is 1. The van der Waals surface area contributed by atoms with Crippen molar-refractivity contribution >= 4 is 77.6 Å². The van der Waals surface area contributed by atoms with Gasteiger partial charge in [0, 0.05) is 40.9 Å². The molecular formula is C21H17ClN3O4S2-. The standard InChI is InChI=1S/C21H18ClN3O4S2/c1-11-14-8-12(22)4-7-18(14)30-21(11)25(31(28)29)13-5-6-17-15(9-13)16(10-23-17)19(26)20(27)24(2)3/h4-10,23H,1-3H3,(H,28,29)/p-1. The highest BCUT2D eigenvalue weighted by Crippen LogP contribution is 2.42. The lowest BCUT2D eigenvalue weighted by Gasteiger charge is -2.26. The second-order valence-electron chi connectivity index (χ2n) is 7.15. The molecule has 1 unspecified atom stereocenters. The Morgan fingerprint density at radius 1 is 1.13 bits per heavy atom. The van der Waals surface area contributed by atoms with Gasteiger partial charge in [-0.25, -0.2) is 0 Å². The van der Waals surface area contributed by atoms with E-state index in [1.54, 1.807) is 30.3 Å². The average molecular weight is 475 g/mol. The van der Waals surface area contributed by atoms with Gasteiger partial charge in [-0.15, -0.1) is 11.3 Å². The lowest BCUT2D eigenvalue weighted by atomic mass is 10.1. The van der Waals surface area contributed by atoms with Crippen molar-refractivity contribution in [2.45, 2.75) is 6.92 Å². The molecule has 1 amide bonds. The van der Waals surface area contributed by atoms with Crippen molar-refractivity contribution < 1.29 is 18.4 Å². The number of halogens is 1. The molecule has 2 aromatic heterocycles. The van der Waals surface area contributed by atoms with E-state index < -0.39 is 23.0 Å². The van der Waals surface area contributed by atoms with Crippen LogP contribution in [0.1, 0.15) is 15.9 Å². The molecule has 0 aliphatic rings. The van der Waals surface area contributed by atoms with Crippen LogP contribution >= 0.6 is 22.9 Å². The lowest BCUT2D eigenvalue weighted by Crippen LogP contribution is -2.29. The second kappa shape index (κ2) is 8.08. The molecule has 2 aromatic carbocycles. The SMILES string of the molecule is Cc1c(N(c2ccc3[nH]cc(C(=O)C(=O)N(C)C)c3c2)S(=O)[O-])sc2ccc(Cl)cc12. The zero-order chi connectivity index (χ0) is 22.4. The predicted octanol–water partition coefficient (Wildman–Crippen LogP) is 4.55. The van der Waals surface area contributed by atoms with Crippen LogP contribution in [0.15, 0.2) is 42.6 Å². The number of aromatic nitrogens is 1. The molecule has 160 valence electrons. The molecule has 31 heavy (non-hydrogen) atoms. The number of nitrogens with zero attached hydrogens (tertiary/aromatic N) is 2. The molecule has 0 spiro atoms. The average Bonchev–Trinajstić information content (AvgIpc) is 3.28. The molecule has 1 atom stereocenters. The van der Waals surface area contributed by atoms with Crippen LogP contribution in [0.2, 0.25) is 5.02 Å². The summed E-state index contributed by atoms with van der Waals surface area (Å²) in [4.78, 5) is 28.9. The van der Waals surface area contributed by atoms with E-state index in [9.17, 15) is 18.4 Å². The Labute approximate surface area is 189 Å². The number of carbonyl (C=O) groups is 2. The molecule has 0 fully saturated rings. The van der Waals surface area contributed by atoms with Gasteiger partial charge in [0.1, 0.15) is 5.00 Å². The molecular weight excluding hydrogens is 458 g/mol. The molecule has 0 saturated heterocycles. The summed E-state index contributed by atoms with van der Waals surface area (Å²) in [5, 5.41) is 2.43. The summed E-state index contributed by atoms with van der Waals surface area (Å²) in [6, 6.07) is 10.3. The van der Waals surface area contributed by atoms with Crippen molar-refractivity contribution in [2.75, 3.05) is 18.4 Å². The van der Waals surface area contributed by atoms with E-state index in [1.807, 2.05) is 13.0 Å². The van der Waals surface area contributed by atoms with Crippen molar-refractivity contribution in [1.82, 2.24) is 9.88 Å². The molecule has 0 radical (unpaired) electrons. The van der Waals surface area contributed by atoms with Crippen molar-refractivity contribution in [3.63, 3.8) is 0 Å². The third kappa shape index (κ3) is 3.74. The maximum atomic E-state index is 12.6. The Morgan fingerprint density at radius 3 is 2.55 bits per heavy atom. The molecule has 4 rings (SSSR count). The number of likely N-dealkylation sites (N-methyl/N-ethyl adjacent to an activating group) is 1. The number of ketones is 1. The van der Waals surface area contributed by atoms with Gasteiger partial charge in [-0.05, 0) is 54.3 Å². The minimum absolute atomic E-state index is 0.187. The fourth-order valence-electron chi connectivity index (χ4n) is 3.39. The maximum Gasteiger partial charge on any atom is 0.294 e. The number of hydrogen-bond acceptors (Lipinski definition) is 5. The third-order valence-electron chi connectivity index (χ3n) is 4.95. The number of H-pyrrole nitrogens is 1. The van der Waals surface area contributed by atoms with Crippen molar-refractivity contribution in [3.05, 3.63) is 58.7 Å². The Hall–Kier alpha value is -2.72. The summed E-state index contributed by atoms with van der Waals surface area (Å²) in [6.45, 7) is 1.84. The summed E-state index contributed by atoms with van der Waals surface area (Å²) in [5.41, 5.74) is 1.94. The van der Waals surface area contributed by atoms with Crippen LogP contribution < -0.4 is 4.31 Å². The first-order valence-corrected chi connectivity index (χ1v) is 11.4. The first-order chi connectivity index (χ1) is 14.7. The van der Waals surface area contributed by atoms with Crippen LogP contribution in [0, 0.1) is 6.92 Å². The maximum absolute atomic E-state index is 12.6. The van der Waals surface area contributed by atoms with Gasteiger partial charge < -0.3 is 14.4 Å². The second-order valence-corrected chi connectivity index (χ2v) is 9.41. The van der Waals surface area contributed by atoms with Crippen LogP contribution in [-0.2, 0) is 16.1 Å². The number of rotatable bonds is 5. The quantitative estimate of drug-likeness (QED) is 0.261. The minimum atomic E-state index is -2.62. The van der Waals surface area contributed by atoms with Crippen LogP contribution in [0.25, 0.3) is 21.0 Å². The fraction of sp³-hybridized carbons (Fsp3) is 0.143. The van der Waals surface area contributed by atoms with Crippen LogP contribution in [0.4, 0.5) is 10.7 Å². The highest BCUT2D eigenvalue weighted by molar-refractivity contribution is 7.81. The molecule has 2 heterocycles. The van der Waals surface area contributed by atoms with Crippen LogP contribution in [0.3, 0.4) is 0 Å². The van der Waals surface area contributed by atoms with Gasteiger partial charge in [0.15, 0.2) is 0 Å². The number of hydrogen-bond donors (Lipinski definition) is 1. The molecule has 0 saturated carbocycles. The summed E-state index contributed by atoms with van der Waals surface area (Å²) in [7, 11) is 3.00. The minimum Gasteiger partial charge on any atom is -0.755 e. The molecule has 0 aliphatic carbocycles. The van der Waals surface area contributed by atoms with E-state index in [-0.39, 0.29) is 5.56 Å². The first kappa shape index (κ1) is 21.5. The zero-order valence-corrected chi connectivity index (χ0v) is 19.2. The largest absolute Gasteiger partial charge is 0.755 e. The number of fused-ring (bicyclic) bond motifs is 2. The Bertz CT molecular complexity index is 1380. The van der Waals surface area contributed by atoms with Gasteiger partial charge >= 0.3 is 0 Å². The van der Waals surface area contributed by atoms with Crippen molar-refractivity contribution in [1.29, 1.82) is 0 Å². The van der Waals surface area contributed by atoms with E-state index in [1.165, 1.54) is 40.8 Å². The molecule has 0 aliphatic heterocycles. The van der Waals surface area contributed by atoms with E-state index >= 15 is 0 Å². The van der Waals surface area contributed by atoms with Crippen LogP contribution in [-0.4, -0.2) is 44.4 Å². The number of thiophene rings is 1. The summed E-state index contributed by atoms with van der Waals surface area (Å²) < 4.78 is 26.6. The topological polar surface area (TPSA) is 96.5 Å².